The van der Waals surface area contributed by atoms with E-state index in [4.69, 9.17) is 10.9 Å². The maximum atomic E-state index is 13.5. The molecule has 4 N–H and O–H groups in total. The van der Waals surface area contributed by atoms with E-state index in [1.54, 1.807) is 0 Å². The first-order chi connectivity index (χ1) is 8.40. The van der Waals surface area contributed by atoms with Gasteiger partial charge < -0.3 is 20.9 Å². The van der Waals surface area contributed by atoms with Crippen LogP contribution < -0.4 is 5.73 Å². The summed E-state index contributed by atoms with van der Waals surface area (Å²) in [5.74, 6) is -2.25. The van der Waals surface area contributed by atoms with Crippen molar-refractivity contribution in [3.05, 3.63) is 29.6 Å². The molecule has 0 heterocycles. The number of carbonyl (C=O) groups is 1. The first kappa shape index (κ1) is 13.8. The van der Waals surface area contributed by atoms with E-state index in [-0.39, 0.29) is 5.84 Å². The van der Waals surface area contributed by atoms with E-state index in [9.17, 15) is 14.3 Å². The molecule has 0 bridgehead atoms. The molecule has 1 amide bonds. The molecular weight excluding hydrogens is 241 g/mol. The molecule has 0 aliphatic carbocycles. The number of likely N-dealkylation sites (N-methyl/N-ethyl adjacent to an activating group) is 1. The van der Waals surface area contributed by atoms with Gasteiger partial charge in [0, 0.05) is 7.05 Å². The van der Waals surface area contributed by atoms with Crippen molar-refractivity contribution in [2.45, 2.75) is 13.0 Å². The molecule has 0 aliphatic heterocycles. The molecule has 1 atom stereocenters. The predicted molar refractivity (Wildman–Crippen MR) is 63.0 cm³/mol. The molecular formula is C11H14FN3O3. The van der Waals surface area contributed by atoms with Crippen LogP contribution in [0.2, 0.25) is 0 Å². The topological polar surface area (TPSA) is 99.2 Å². The molecule has 0 aromatic heterocycles. The standard InChI is InChI=1S/C11H14FN3O3/c1-6(10(13)14-18)15(2)11(17)9-7(12)4-3-5-8(9)16/h3-6,16,18H,1-2H3,(H2,13,14). The molecule has 0 radical (unpaired) electrons. The molecule has 0 fully saturated rings. The van der Waals surface area contributed by atoms with Gasteiger partial charge >= 0.3 is 0 Å². The Hall–Kier alpha value is -2.31. The molecule has 0 spiro atoms. The largest absolute Gasteiger partial charge is 0.507 e. The van der Waals surface area contributed by atoms with E-state index >= 15 is 0 Å². The molecule has 98 valence electrons. The summed E-state index contributed by atoms with van der Waals surface area (Å²) >= 11 is 0. The summed E-state index contributed by atoms with van der Waals surface area (Å²) in [6.45, 7) is 1.50. The number of phenols is 1. The van der Waals surface area contributed by atoms with Gasteiger partial charge in [0.2, 0.25) is 0 Å². The van der Waals surface area contributed by atoms with Crippen LogP contribution in [-0.2, 0) is 0 Å². The molecule has 6 nitrogen and oxygen atoms in total. The van der Waals surface area contributed by atoms with Crippen LogP contribution in [0.3, 0.4) is 0 Å². The number of nitrogens with two attached hydrogens (primary N) is 1. The van der Waals surface area contributed by atoms with Crippen LogP contribution in [0.25, 0.3) is 0 Å². The highest BCUT2D eigenvalue weighted by molar-refractivity contribution is 6.00. The number of phenolic OH excluding ortho intramolecular Hbond substituents is 1. The Morgan fingerprint density at radius 3 is 2.67 bits per heavy atom. The Morgan fingerprint density at radius 2 is 2.17 bits per heavy atom. The van der Waals surface area contributed by atoms with Gasteiger partial charge in [0.15, 0.2) is 5.84 Å². The lowest BCUT2D eigenvalue weighted by Crippen LogP contribution is -2.44. The van der Waals surface area contributed by atoms with Crippen LogP contribution >= 0.6 is 0 Å². The van der Waals surface area contributed by atoms with Gasteiger partial charge in [-0.2, -0.15) is 0 Å². The highest BCUT2D eigenvalue weighted by atomic mass is 19.1. The third-order valence-corrected chi connectivity index (χ3v) is 2.65. The normalized spacial score (nSPS) is 13.2. The van der Waals surface area contributed by atoms with Crippen LogP contribution in [0.1, 0.15) is 17.3 Å². The minimum absolute atomic E-state index is 0.193. The quantitative estimate of drug-likeness (QED) is 0.321. The number of amidine groups is 1. The molecule has 1 aromatic rings. The summed E-state index contributed by atoms with van der Waals surface area (Å²) in [6.07, 6.45) is 0. The van der Waals surface area contributed by atoms with Crippen molar-refractivity contribution in [3.8, 4) is 5.75 Å². The summed E-state index contributed by atoms with van der Waals surface area (Å²) in [5.41, 5.74) is 4.91. The number of hydrogen-bond donors (Lipinski definition) is 3. The summed E-state index contributed by atoms with van der Waals surface area (Å²) < 4.78 is 13.5. The number of hydrogen-bond acceptors (Lipinski definition) is 4. The number of amides is 1. The maximum absolute atomic E-state index is 13.5. The third kappa shape index (κ3) is 2.50. The van der Waals surface area contributed by atoms with E-state index in [2.05, 4.69) is 5.16 Å². The van der Waals surface area contributed by atoms with Gasteiger partial charge in [0.05, 0.1) is 6.04 Å². The van der Waals surface area contributed by atoms with Gasteiger partial charge in [-0.05, 0) is 19.1 Å². The number of nitrogens with zero attached hydrogens (tertiary/aromatic N) is 2. The number of halogens is 1. The van der Waals surface area contributed by atoms with Crippen LogP contribution in [0.4, 0.5) is 4.39 Å². The number of benzene rings is 1. The van der Waals surface area contributed by atoms with Crippen LogP contribution in [0.5, 0.6) is 5.75 Å². The molecule has 18 heavy (non-hydrogen) atoms. The summed E-state index contributed by atoms with van der Waals surface area (Å²) in [6, 6.07) is 2.82. The van der Waals surface area contributed by atoms with E-state index in [0.29, 0.717) is 0 Å². The van der Waals surface area contributed by atoms with Gasteiger partial charge in [-0.1, -0.05) is 11.2 Å². The molecule has 0 saturated heterocycles. The fourth-order valence-electron chi connectivity index (χ4n) is 1.36. The van der Waals surface area contributed by atoms with E-state index in [0.717, 1.165) is 11.0 Å². The van der Waals surface area contributed by atoms with Gasteiger partial charge in [-0.15, -0.1) is 0 Å². The first-order valence-corrected chi connectivity index (χ1v) is 5.12. The predicted octanol–water partition coefficient (Wildman–Crippen LogP) is 0.738. The lowest BCUT2D eigenvalue weighted by molar-refractivity contribution is 0.0768. The summed E-state index contributed by atoms with van der Waals surface area (Å²) in [7, 11) is 1.36. The van der Waals surface area contributed by atoms with Crippen molar-refractivity contribution in [1.29, 1.82) is 0 Å². The average molecular weight is 255 g/mol. The monoisotopic (exact) mass is 255 g/mol. The van der Waals surface area contributed by atoms with Crippen molar-refractivity contribution in [1.82, 2.24) is 4.90 Å². The Morgan fingerprint density at radius 1 is 1.56 bits per heavy atom. The number of aromatic hydroxyl groups is 1. The lowest BCUT2D eigenvalue weighted by atomic mass is 10.1. The Kier molecular flexibility index (Phi) is 4.09. The molecule has 1 unspecified atom stereocenters. The number of rotatable bonds is 3. The van der Waals surface area contributed by atoms with Crippen LogP contribution in [0, 0.1) is 5.82 Å². The summed E-state index contributed by atoms with van der Waals surface area (Å²) in [5, 5.41) is 20.8. The average Bonchev–Trinajstić information content (AvgIpc) is 2.35. The minimum Gasteiger partial charge on any atom is -0.507 e. The van der Waals surface area contributed by atoms with Gasteiger partial charge in [-0.25, -0.2) is 4.39 Å². The molecule has 0 saturated carbocycles. The van der Waals surface area contributed by atoms with Crippen molar-refractivity contribution >= 4 is 11.7 Å². The second kappa shape index (κ2) is 5.35. The highest BCUT2D eigenvalue weighted by Gasteiger charge is 2.25. The molecule has 7 heteroatoms. The van der Waals surface area contributed by atoms with Gasteiger partial charge in [0.25, 0.3) is 5.91 Å². The Labute approximate surface area is 103 Å². The van der Waals surface area contributed by atoms with E-state index in [1.807, 2.05) is 0 Å². The zero-order valence-corrected chi connectivity index (χ0v) is 9.96. The lowest BCUT2D eigenvalue weighted by Gasteiger charge is -2.24. The second-order valence-corrected chi connectivity index (χ2v) is 3.75. The van der Waals surface area contributed by atoms with E-state index < -0.39 is 29.1 Å². The Balaban J connectivity index is 3.08. The molecule has 1 aromatic carbocycles. The third-order valence-electron chi connectivity index (χ3n) is 2.65. The van der Waals surface area contributed by atoms with Gasteiger partial charge in [-0.3, -0.25) is 4.79 Å². The maximum Gasteiger partial charge on any atom is 0.260 e. The molecule has 0 aliphatic rings. The SMILES string of the molecule is CC(/C(N)=N/O)N(C)C(=O)c1c(O)cccc1F. The van der Waals surface area contributed by atoms with Crippen molar-refractivity contribution in [3.63, 3.8) is 0 Å². The smallest absolute Gasteiger partial charge is 0.260 e. The van der Waals surface area contributed by atoms with Crippen molar-refractivity contribution < 1.29 is 19.5 Å². The zero-order chi connectivity index (χ0) is 13.9. The number of oxime groups is 1. The van der Waals surface area contributed by atoms with E-state index in [1.165, 1.54) is 26.1 Å². The second-order valence-electron chi connectivity index (χ2n) is 3.75. The van der Waals surface area contributed by atoms with Gasteiger partial charge in [0.1, 0.15) is 17.1 Å². The fourth-order valence-corrected chi connectivity index (χ4v) is 1.36. The first-order valence-electron chi connectivity index (χ1n) is 5.12. The Bertz CT molecular complexity index is 470. The van der Waals surface area contributed by atoms with Crippen LogP contribution in [-0.4, -0.2) is 40.0 Å². The van der Waals surface area contributed by atoms with Crippen molar-refractivity contribution in [2.75, 3.05) is 7.05 Å². The minimum atomic E-state index is -0.835. The fraction of sp³-hybridized carbons (Fsp3) is 0.273. The molecule has 1 rings (SSSR count). The summed E-state index contributed by atoms with van der Waals surface area (Å²) in [4.78, 5) is 13.0. The van der Waals surface area contributed by atoms with Crippen molar-refractivity contribution in [2.24, 2.45) is 10.9 Å². The van der Waals surface area contributed by atoms with Crippen LogP contribution in [0.15, 0.2) is 23.4 Å². The highest BCUT2D eigenvalue weighted by Crippen LogP contribution is 2.21. The number of carbonyl (C=O) groups excluding carboxylic acids is 1. The zero-order valence-electron chi connectivity index (χ0n) is 9.96.